The second-order valence-corrected chi connectivity index (χ2v) is 12.6. The molecular formula is C32H23O3S2+. The van der Waals surface area contributed by atoms with Crippen molar-refractivity contribution in [3.63, 3.8) is 0 Å². The molecule has 1 unspecified atom stereocenters. The Labute approximate surface area is 218 Å². The normalized spacial score (nSPS) is 12.5. The van der Waals surface area contributed by atoms with Crippen LogP contribution in [-0.4, -0.2) is 13.5 Å². The summed E-state index contributed by atoms with van der Waals surface area (Å²) in [5, 5.41) is 13.7. The molecule has 0 heterocycles. The van der Waals surface area contributed by atoms with E-state index in [9.17, 15) is 13.5 Å². The summed E-state index contributed by atoms with van der Waals surface area (Å²) in [6.07, 6.45) is 0. The van der Waals surface area contributed by atoms with Gasteiger partial charge in [0.15, 0.2) is 14.7 Å². The molecule has 0 fully saturated rings. The maximum absolute atomic E-state index is 14.3. The smallest absolute Gasteiger partial charge is 0.212 e. The zero-order chi connectivity index (χ0) is 25.4. The highest BCUT2D eigenvalue weighted by atomic mass is 32.2. The SMILES string of the molecule is O=S(=O)(c1ccccc1[S+](c1ccc(O)cc1)c1cccc2ccccc12)c1cccc2ccccc12. The van der Waals surface area contributed by atoms with Gasteiger partial charge in [-0.05, 0) is 65.4 Å². The van der Waals surface area contributed by atoms with Crippen molar-refractivity contribution in [1.82, 2.24) is 0 Å². The first-order valence-electron chi connectivity index (χ1n) is 11.9. The van der Waals surface area contributed by atoms with Crippen LogP contribution in [0.25, 0.3) is 21.5 Å². The summed E-state index contributed by atoms with van der Waals surface area (Å²) in [5.74, 6) is 0.168. The number of hydrogen-bond donors (Lipinski definition) is 1. The number of rotatable bonds is 5. The molecule has 0 amide bonds. The second-order valence-electron chi connectivity index (χ2n) is 8.70. The van der Waals surface area contributed by atoms with Gasteiger partial charge in [-0.3, -0.25) is 0 Å². The quantitative estimate of drug-likeness (QED) is 0.238. The second kappa shape index (κ2) is 9.43. The highest BCUT2D eigenvalue weighted by molar-refractivity contribution is 7.98. The molecule has 0 saturated heterocycles. The minimum absolute atomic E-state index is 0.168. The molecule has 6 rings (SSSR count). The van der Waals surface area contributed by atoms with E-state index in [2.05, 4.69) is 24.3 Å². The number of sulfone groups is 1. The van der Waals surface area contributed by atoms with Crippen LogP contribution in [0.5, 0.6) is 5.75 Å². The van der Waals surface area contributed by atoms with Gasteiger partial charge in [-0.1, -0.05) is 78.9 Å². The summed E-state index contributed by atoms with van der Waals surface area (Å²) < 4.78 is 28.6. The van der Waals surface area contributed by atoms with Gasteiger partial charge in [-0.25, -0.2) is 8.42 Å². The standard InChI is InChI=1S/C32H22O3S2/c33-25-19-21-26(22-20-25)36(29-16-7-11-23-9-1-3-13-27(23)29)30-15-5-6-17-32(30)37(34,35)31-18-8-12-24-10-2-4-14-28(24)31/h1-22H/p+1. The highest BCUT2D eigenvalue weighted by Crippen LogP contribution is 2.40. The van der Waals surface area contributed by atoms with Crippen LogP contribution < -0.4 is 0 Å². The molecule has 37 heavy (non-hydrogen) atoms. The molecule has 3 nitrogen and oxygen atoms in total. The summed E-state index contributed by atoms with van der Waals surface area (Å²) in [6, 6.07) is 41.6. The average molecular weight is 520 g/mol. The molecule has 1 atom stereocenters. The molecule has 6 aromatic rings. The van der Waals surface area contributed by atoms with Crippen molar-refractivity contribution in [3.05, 3.63) is 133 Å². The first-order valence-corrected chi connectivity index (χ1v) is 14.6. The zero-order valence-electron chi connectivity index (χ0n) is 19.8. The largest absolute Gasteiger partial charge is 0.508 e. The Kier molecular flexibility index (Phi) is 5.95. The Bertz CT molecular complexity index is 1850. The third-order valence-corrected chi connectivity index (χ3v) is 10.8. The minimum atomic E-state index is -3.86. The Hall–Kier alpha value is -4.06. The molecule has 0 aromatic heterocycles. The van der Waals surface area contributed by atoms with Crippen molar-refractivity contribution < 1.29 is 13.5 Å². The van der Waals surface area contributed by atoms with Gasteiger partial charge in [-0.2, -0.15) is 0 Å². The van der Waals surface area contributed by atoms with Crippen LogP contribution in [-0.2, 0) is 20.7 Å². The maximum Gasteiger partial charge on any atom is 0.212 e. The number of aromatic hydroxyl groups is 1. The van der Waals surface area contributed by atoms with E-state index >= 15 is 0 Å². The molecule has 180 valence electrons. The fourth-order valence-electron chi connectivity index (χ4n) is 4.72. The van der Waals surface area contributed by atoms with E-state index in [1.165, 1.54) is 0 Å². The minimum Gasteiger partial charge on any atom is -0.508 e. The van der Waals surface area contributed by atoms with Gasteiger partial charge in [0.1, 0.15) is 21.5 Å². The van der Waals surface area contributed by atoms with Gasteiger partial charge in [0.2, 0.25) is 9.84 Å². The van der Waals surface area contributed by atoms with Crippen LogP contribution in [0.15, 0.2) is 158 Å². The van der Waals surface area contributed by atoms with Crippen LogP contribution in [0.2, 0.25) is 0 Å². The lowest BCUT2D eigenvalue weighted by atomic mass is 10.1. The van der Waals surface area contributed by atoms with Gasteiger partial charge in [-0.15, -0.1) is 0 Å². The Morgan fingerprint density at radius 1 is 0.486 bits per heavy atom. The van der Waals surface area contributed by atoms with E-state index < -0.39 is 20.7 Å². The van der Waals surface area contributed by atoms with E-state index in [1.807, 2.05) is 72.8 Å². The molecule has 0 aliphatic heterocycles. The number of phenols is 1. The van der Waals surface area contributed by atoms with Crippen molar-refractivity contribution in [3.8, 4) is 5.75 Å². The first kappa shape index (κ1) is 23.3. The molecule has 0 radical (unpaired) electrons. The molecule has 0 aliphatic rings. The third-order valence-electron chi connectivity index (χ3n) is 6.44. The summed E-state index contributed by atoms with van der Waals surface area (Å²) in [4.78, 5) is 3.26. The molecule has 1 N–H and O–H groups in total. The van der Waals surface area contributed by atoms with Gasteiger partial charge >= 0.3 is 0 Å². The number of fused-ring (bicyclic) bond motifs is 2. The Morgan fingerprint density at radius 3 is 1.76 bits per heavy atom. The van der Waals surface area contributed by atoms with E-state index in [0.29, 0.717) is 10.3 Å². The van der Waals surface area contributed by atoms with Crippen LogP contribution in [0.3, 0.4) is 0 Å². The molecule has 0 saturated carbocycles. The summed E-state index contributed by atoms with van der Waals surface area (Å²) in [6.45, 7) is 0. The fourth-order valence-corrected chi connectivity index (χ4v) is 9.11. The van der Waals surface area contributed by atoms with Crippen molar-refractivity contribution in [2.75, 3.05) is 0 Å². The lowest BCUT2D eigenvalue weighted by Crippen LogP contribution is -2.12. The van der Waals surface area contributed by atoms with Crippen LogP contribution in [0.4, 0.5) is 0 Å². The van der Waals surface area contributed by atoms with Gasteiger partial charge in [0, 0.05) is 10.8 Å². The molecule has 0 aliphatic carbocycles. The Morgan fingerprint density at radius 2 is 1.00 bits per heavy atom. The predicted molar refractivity (Wildman–Crippen MR) is 150 cm³/mol. The highest BCUT2D eigenvalue weighted by Gasteiger charge is 2.37. The van der Waals surface area contributed by atoms with E-state index in [1.54, 1.807) is 36.4 Å². The number of phenolic OH excluding ortho intramolecular Hbond substituents is 1. The van der Waals surface area contributed by atoms with Crippen LogP contribution in [0, 0.1) is 0 Å². The van der Waals surface area contributed by atoms with E-state index in [0.717, 1.165) is 30.8 Å². The lowest BCUT2D eigenvalue weighted by molar-refractivity contribution is 0.475. The summed E-state index contributed by atoms with van der Waals surface area (Å²) >= 11 is 0. The Balaban J connectivity index is 1.64. The van der Waals surface area contributed by atoms with Gasteiger partial charge < -0.3 is 5.11 Å². The molecule has 5 heteroatoms. The average Bonchev–Trinajstić information content (AvgIpc) is 2.94. The summed E-state index contributed by atoms with van der Waals surface area (Å²) in [5.41, 5.74) is 0. The molecular weight excluding hydrogens is 496 g/mol. The fraction of sp³-hybridized carbons (Fsp3) is 0. The first-order chi connectivity index (χ1) is 18.0. The predicted octanol–water partition coefficient (Wildman–Crippen LogP) is 7.63. The van der Waals surface area contributed by atoms with E-state index in [4.69, 9.17) is 0 Å². The van der Waals surface area contributed by atoms with Crippen LogP contribution in [0.1, 0.15) is 0 Å². The van der Waals surface area contributed by atoms with Gasteiger partial charge in [0.25, 0.3) is 0 Å². The van der Waals surface area contributed by atoms with Gasteiger partial charge in [0.05, 0.1) is 4.90 Å². The maximum atomic E-state index is 14.3. The summed E-state index contributed by atoms with van der Waals surface area (Å²) in [7, 11) is -4.61. The van der Waals surface area contributed by atoms with E-state index in [-0.39, 0.29) is 10.6 Å². The van der Waals surface area contributed by atoms with Crippen molar-refractivity contribution in [2.24, 2.45) is 0 Å². The van der Waals surface area contributed by atoms with Crippen molar-refractivity contribution in [1.29, 1.82) is 0 Å². The molecule has 0 spiro atoms. The lowest BCUT2D eigenvalue weighted by Gasteiger charge is -2.15. The van der Waals surface area contributed by atoms with Crippen molar-refractivity contribution >= 4 is 42.3 Å². The van der Waals surface area contributed by atoms with Crippen molar-refractivity contribution in [2.45, 2.75) is 24.5 Å². The third kappa shape index (κ3) is 4.16. The number of hydrogen-bond acceptors (Lipinski definition) is 3. The molecule has 6 aromatic carbocycles. The number of benzene rings is 6. The monoisotopic (exact) mass is 519 g/mol. The zero-order valence-corrected chi connectivity index (χ0v) is 21.4. The topological polar surface area (TPSA) is 54.4 Å². The van der Waals surface area contributed by atoms with Crippen LogP contribution >= 0.6 is 0 Å². The molecule has 0 bridgehead atoms.